The predicted octanol–water partition coefficient (Wildman–Crippen LogP) is 4.76. The summed E-state index contributed by atoms with van der Waals surface area (Å²) in [5.41, 5.74) is 0.494. The summed E-state index contributed by atoms with van der Waals surface area (Å²) in [6.45, 7) is 2.30. The summed E-state index contributed by atoms with van der Waals surface area (Å²) in [6.07, 6.45) is 7.69. The normalized spacial score (nSPS) is 22.0. The number of hydrogen-bond acceptors (Lipinski definition) is 5. The molecule has 0 spiro atoms. The molecule has 0 radical (unpaired) electrons. The summed E-state index contributed by atoms with van der Waals surface area (Å²) < 4.78 is 13.2. The monoisotopic (exact) mass is 503 g/mol. The van der Waals surface area contributed by atoms with Crippen molar-refractivity contribution in [3.63, 3.8) is 0 Å². The molecule has 194 valence electrons. The van der Waals surface area contributed by atoms with Gasteiger partial charge in [-0.05, 0) is 93.8 Å². The maximum absolute atomic E-state index is 13.2. The topological polar surface area (TPSA) is 82.5 Å². The van der Waals surface area contributed by atoms with E-state index in [9.17, 15) is 19.1 Å². The first-order valence-corrected chi connectivity index (χ1v) is 13.3. The fourth-order valence-corrected chi connectivity index (χ4v) is 5.76. The van der Waals surface area contributed by atoms with Crippen LogP contribution in [-0.2, 0) is 0 Å². The SMILES string of the molecule is O=C(N[C@H]1CC[C@H](CCN2CCC(O)(C(=O)c3ccc(F)cc3)CC2)CC1)c1ccnc2ccccc12. The molecule has 0 unspecified atom stereocenters. The van der Waals surface area contributed by atoms with Crippen molar-refractivity contribution in [1.82, 2.24) is 15.2 Å². The maximum Gasteiger partial charge on any atom is 0.252 e. The fraction of sp³-hybridized carbons (Fsp3) is 0.433. The van der Waals surface area contributed by atoms with E-state index in [4.69, 9.17) is 0 Å². The molecule has 2 aliphatic rings. The number of para-hydroxylation sites is 1. The summed E-state index contributed by atoms with van der Waals surface area (Å²) in [7, 11) is 0. The molecule has 2 heterocycles. The van der Waals surface area contributed by atoms with Crippen LogP contribution in [0.4, 0.5) is 4.39 Å². The second-order valence-corrected chi connectivity index (χ2v) is 10.6. The van der Waals surface area contributed by atoms with Gasteiger partial charge in [0.05, 0.1) is 11.1 Å². The van der Waals surface area contributed by atoms with Crippen molar-refractivity contribution in [1.29, 1.82) is 0 Å². The van der Waals surface area contributed by atoms with Crippen LogP contribution < -0.4 is 5.32 Å². The lowest BCUT2D eigenvalue weighted by Gasteiger charge is -2.38. The molecule has 2 fully saturated rings. The molecule has 1 aromatic heterocycles. The number of aliphatic hydroxyl groups is 1. The first kappa shape index (κ1) is 25.5. The Morgan fingerprint density at radius 2 is 1.70 bits per heavy atom. The molecule has 1 aliphatic carbocycles. The summed E-state index contributed by atoms with van der Waals surface area (Å²) in [6, 6.07) is 15.1. The van der Waals surface area contributed by atoms with E-state index in [0.29, 0.717) is 43.0 Å². The third-order valence-corrected chi connectivity index (χ3v) is 8.14. The van der Waals surface area contributed by atoms with Gasteiger partial charge in [-0.3, -0.25) is 14.6 Å². The first-order chi connectivity index (χ1) is 17.9. The number of likely N-dealkylation sites (tertiary alicyclic amines) is 1. The standard InChI is InChI=1S/C30H34FN3O3/c31-23-9-7-22(8-10-23)28(35)30(37)15-19-34(20-16-30)18-14-21-5-11-24(12-6-21)33-29(36)26-13-17-32-27-4-2-1-3-25(26)27/h1-4,7-10,13,17,21,24,37H,5-6,11-12,14-16,18-20H2,(H,33,36)/t21-,24-. The number of halogens is 1. The van der Waals surface area contributed by atoms with E-state index in [1.54, 1.807) is 12.3 Å². The molecule has 5 rings (SSSR count). The molecular weight excluding hydrogens is 469 g/mol. The third-order valence-electron chi connectivity index (χ3n) is 8.14. The van der Waals surface area contributed by atoms with E-state index >= 15 is 0 Å². The van der Waals surface area contributed by atoms with E-state index in [2.05, 4.69) is 15.2 Å². The highest BCUT2D eigenvalue weighted by Crippen LogP contribution is 2.30. The number of ketones is 1. The number of fused-ring (bicyclic) bond motifs is 1. The van der Waals surface area contributed by atoms with Crippen LogP contribution in [-0.4, -0.2) is 58.0 Å². The van der Waals surface area contributed by atoms with Crippen LogP contribution in [0, 0.1) is 11.7 Å². The van der Waals surface area contributed by atoms with E-state index in [1.165, 1.54) is 24.3 Å². The van der Waals surface area contributed by atoms with Crippen LogP contribution in [0.1, 0.15) is 65.7 Å². The zero-order chi connectivity index (χ0) is 25.8. The molecule has 1 saturated heterocycles. The highest BCUT2D eigenvalue weighted by molar-refractivity contribution is 6.06. The highest BCUT2D eigenvalue weighted by Gasteiger charge is 2.39. The van der Waals surface area contributed by atoms with Crippen LogP contribution in [0.3, 0.4) is 0 Å². The molecule has 1 saturated carbocycles. The number of nitrogens with one attached hydrogen (secondary N) is 1. The van der Waals surface area contributed by atoms with Crippen LogP contribution >= 0.6 is 0 Å². The van der Waals surface area contributed by atoms with Crippen molar-refractivity contribution in [2.75, 3.05) is 19.6 Å². The Bertz CT molecular complexity index is 1240. The minimum Gasteiger partial charge on any atom is -0.382 e. The van der Waals surface area contributed by atoms with Crippen LogP contribution in [0.15, 0.2) is 60.8 Å². The van der Waals surface area contributed by atoms with Gasteiger partial charge in [0.25, 0.3) is 5.91 Å². The third kappa shape index (κ3) is 5.89. The van der Waals surface area contributed by atoms with Gasteiger partial charge in [0, 0.05) is 36.3 Å². The van der Waals surface area contributed by atoms with Gasteiger partial charge in [0.2, 0.25) is 0 Å². The zero-order valence-corrected chi connectivity index (χ0v) is 21.0. The Balaban J connectivity index is 1.05. The van der Waals surface area contributed by atoms with E-state index in [1.807, 2.05) is 24.3 Å². The van der Waals surface area contributed by atoms with E-state index in [0.717, 1.165) is 49.6 Å². The fourth-order valence-electron chi connectivity index (χ4n) is 5.76. The van der Waals surface area contributed by atoms with Crippen molar-refractivity contribution in [2.24, 2.45) is 5.92 Å². The van der Waals surface area contributed by atoms with Crippen molar-refractivity contribution in [3.05, 3.63) is 77.7 Å². The maximum atomic E-state index is 13.2. The van der Waals surface area contributed by atoms with Gasteiger partial charge in [-0.2, -0.15) is 0 Å². The van der Waals surface area contributed by atoms with E-state index < -0.39 is 11.4 Å². The molecule has 7 heteroatoms. The molecule has 2 N–H and O–H groups in total. The lowest BCUT2D eigenvalue weighted by molar-refractivity contribution is -0.00739. The molecular formula is C30H34FN3O3. The number of Topliss-reactive ketones (excluding diaryl/α,β-unsaturated/α-hetero) is 1. The van der Waals surface area contributed by atoms with E-state index in [-0.39, 0.29) is 17.7 Å². The Hall–Kier alpha value is -3.16. The summed E-state index contributed by atoms with van der Waals surface area (Å²) in [5.74, 6) is -0.112. The second kappa shape index (κ2) is 11.1. The van der Waals surface area contributed by atoms with Gasteiger partial charge in [0.15, 0.2) is 5.78 Å². The van der Waals surface area contributed by atoms with Gasteiger partial charge >= 0.3 is 0 Å². The number of amides is 1. The number of rotatable bonds is 7. The van der Waals surface area contributed by atoms with Crippen LogP contribution in [0.2, 0.25) is 0 Å². The number of hydrogen-bond donors (Lipinski definition) is 2. The van der Waals surface area contributed by atoms with Gasteiger partial charge in [-0.25, -0.2) is 4.39 Å². The minimum absolute atomic E-state index is 0.0296. The molecule has 0 atom stereocenters. The highest BCUT2D eigenvalue weighted by atomic mass is 19.1. The Kier molecular flexibility index (Phi) is 7.63. The lowest BCUT2D eigenvalue weighted by Crippen LogP contribution is -2.49. The smallest absolute Gasteiger partial charge is 0.252 e. The number of piperidine rings is 1. The number of benzene rings is 2. The molecule has 37 heavy (non-hydrogen) atoms. The minimum atomic E-state index is -1.37. The van der Waals surface area contributed by atoms with Gasteiger partial charge in [-0.15, -0.1) is 0 Å². The van der Waals surface area contributed by atoms with Crippen molar-refractivity contribution >= 4 is 22.6 Å². The summed E-state index contributed by atoms with van der Waals surface area (Å²) in [4.78, 5) is 32.4. The number of carbonyl (C=O) groups is 2. The Labute approximate surface area is 216 Å². The van der Waals surface area contributed by atoms with Crippen molar-refractivity contribution in [3.8, 4) is 0 Å². The van der Waals surface area contributed by atoms with Gasteiger partial charge in [-0.1, -0.05) is 18.2 Å². The van der Waals surface area contributed by atoms with Gasteiger partial charge < -0.3 is 15.3 Å². The predicted molar refractivity (Wildman–Crippen MR) is 141 cm³/mol. The van der Waals surface area contributed by atoms with Crippen LogP contribution in [0.25, 0.3) is 10.9 Å². The quantitative estimate of drug-likeness (QED) is 0.454. The molecule has 0 bridgehead atoms. The van der Waals surface area contributed by atoms with Crippen molar-refractivity contribution in [2.45, 2.75) is 56.6 Å². The Morgan fingerprint density at radius 3 is 2.43 bits per heavy atom. The average Bonchev–Trinajstić information content (AvgIpc) is 2.93. The Morgan fingerprint density at radius 1 is 1.00 bits per heavy atom. The van der Waals surface area contributed by atoms with Gasteiger partial charge in [0.1, 0.15) is 11.4 Å². The zero-order valence-electron chi connectivity index (χ0n) is 21.0. The second-order valence-electron chi connectivity index (χ2n) is 10.6. The molecule has 1 aliphatic heterocycles. The molecule has 2 aromatic carbocycles. The molecule has 1 amide bonds. The summed E-state index contributed by atoms with van der Waals surface area (Å²) in [5, 5.41) is 15.0. The first-order valence-electron chi connectivity index (χ1n) is 13.3. The number of aromatic nitrogens is 1. The lowest BCUT2D eigenvalue weighted by atomic mass is 9.82. The summed E-state index contributed by atoms with van der Waals surface area (Å²) >= 11 is 0. The van der Waals surface area contributed by atoms with Crippen molar-refractivity contribution < 1.29 is 19.1 Å². The number of nitrogens with zero attached hydrogens (tertiary/aromatic N) is 2. The molecule has 6 nitrogen and oxygen atoms in total. The number of pyridine rings is 1. The number of carbonyl (C=O) groups excluding carboxylic acids is 2. The molecule has 3 aromatic rings. The largest absolute Gasteiger partial charge is 0.382 e. The van der Waals surface area contributed by atoms with Crippen LogP contribution in [0.5, 0.6) is 0 Å². The average molecular weight is 504 g/mol.